The molecule has 5 N–H and O–H groups in total. The Balaban J connectivity index is 0.000000815. The van der Waals surface area contributed by atoms with Gasteiger partial charge >= 0.3 is 18.2 Å². The molecule has 1 aromatic heterocycles. The summed E-state index contributed by atoms with van der Waals surface area (Å²) in [5.41, 5.74) is 7.86. The van der Waals surface area contributed by atoms with E-state index in [4.69, 9.17) is 25.1 Å². The molecule has 284 valence electrons. The molecule has 1 aliphatic heterocycles. The number of aryl methyl sites for hydroxylation is 1. The number of nitrogens with one attached hydrogen (secondary N) is 2. The minimum Gasteiger partial charge on any atom is -0.496 e. The first-order chi connectivity index (χ1) is 24.9. The third-order valence-corrected chi connectivity index (χ3v) is 10.3. The van der Waals surface area contributed by atoms with E-state index in [1.807, 2.05) is 0 Å². The molecule has 0 radical (unpaired) electrons. The molecule has 2 amide bonds. The normalized spacial score (nSPS) is 14.9. The van der Waals surface area contributed by atoms with Crippen molar-refractivity contribution in [3.05, 3.63) is 83.3 Å². The number of likely N-dealkylation sites (tertiary alicyclic amines) is 1. The van der Waals surface area contributed by atoms with Crippen LogP contribution in [0, 0.1) is 12.7 Å². The molecular weight excluding hydrogens is 726 g/mol. The minimum atomic E-state index is -5.08. The van der Waals surface area contributed by atoms with E-state index < -0.39 is 51.9 Å². The number of halogens is 4. The molecule has 13 nitrogen and oxygen atoms in total. The van der Waals surface area contributed by atoms with E-state index in [0.29, 0.717) is 53.5 Å². The number of pyridine rings is 1. The van der Waals surface area contributed by atoms with Crippen LogP contribution in [0.25, 0.3) is 10.8 Å². The highest BCUT2D eigenvalue weighted by Gasteiger charge is 2.39. The van der Waals surface area contributed by atoms with Gasteiger partial charge in [-0.2, -0.15) is 13.2 Å². The zero-order valence-corrected chi connectivity index (χ0v) is 29.8. The maximum Gasteiger partial charge on any atom is 0.490 e. The number of fused-ring (bicyclic) bond motifs is 1. The standard InChI is InChI=1S/C33H36FN5O6S.C2HF3O2/c1-5-46(42,43)29-11-9-22(38-33(41)45-4)17-25(29)27-7-6-14-39(27)32(40)30(24-18-28(44-3)19(2)15-26(24)34)37-21-8-10-23-20(16-21)12-13-36-31(23)35;3-2(4,5)1(6)7/h8-13,15-18,27,30,37H,5-7,14H2,1-4H3,(H2,35,36)(H,38,41);(H,6,7)/t27-,30+;/m1./s1. The lowest BCUT2D eigenvalue weighted by Gasteiger charge is -2.32. The second-order valence-corrected chi connectivity index (χ2v) is 14.1. The van der Waals surface area contributed by atoms with Gasteiger partial charge in [-0.05, 0) is 90.9 Å². The van der Waals surface area contributed by atoms with Crippen molar-refractivity contribution in [2.75, 3.05) is 42.9 Å². The predicted molar refractivity (Wildman–Crippen MR) is 188 cm³/mol. The van der Waals surface area contributed by atoms with Gasteiger partial charge < -0.3 is 30.5 Å². The van der Waals surface area contributed by atoms with Gasteiger partial charge in [0.1, 0.15) is 23.4 Å². The maximum atomic E-state index is 15.7. The number of nitrogen functional groups attached to an aromatic ring is 1. The lowest BCUT2D eigenvalue weighted by Crippen LogP contribution is -2.38. The highest BCUT2D eigenvalue weighted by atomic mass is 32.2. The van der Waals surface area contributed by atoms with Crippen LogP contribution in [0.15, 0.2) is 65.7 Å². The van der Waals surface area contributed by atoms with Crippen molar-refractivity contribution >= 4 is 55.8 Å². The summed E-state index contributed by atoms with van der Waals surface area (Å²) in [6, 6.07) is 12.5. The van der Waals surface area contributed by atoms with Crippen molar-refractivity contribution in [1.82, 2.24) is 9.88 Å². The Labute approximate surface area is 302 Å². The summed E-state index contributed by atoms with van der Waals surface area (Å²) in [7, 11) is -1.03. The van der Waals surface area contributed by atoms with Crippen LogP contribution in [0.5, 0.6) is 5.75 Å². The highest BCUT2D eigenvalue weighted by molar-refractivity contribution is 7.91. The van der Waals surface area contributed by atoms with Crippen LogP contribution in [-0.2, 0) is 24.2 Å². The third kappa shape index (κ3) is 9.24. The molecule has 53 heavy (non-hydrogen) atoms. The molecule has 1 aliphatic rings. The van der Waals surface area contributed by atoms with E-state index in [2.05, 4.69) is 15.6 Å². The number of anilines is 3. The molecule has 5 rings (SSSR count). The van der Waals surface area contributed by atoms with E-state index in [9.17, 15) is 31.2 Å². The molecule has 2 heterocycles. The van der Waals surface area contributed by atoms with E-state index in [1.54, 1.807) is 48.4 Å². The number of benzene rings is 3. The average molecular weight is 764 g/mol. The van der Waals surface area contributed by atoms with Crippen molar-refractivity contribution in [1.29, 1.82) is 0 Å². The Morgan fingerprint density at radius 3 is 2.38 bits per heavy atom. The summed E-state index contributed by atoms with van der Waals surface area (Å²) in [6.07, 6.45) is -3.20. The Morgan fingerprint density at radius 2 is 1.75 bits per heavy atom. The van der Waals surface area contributed by atoms with Crippen LogP contribution in [-0.4, -0.2) is 74.1 Å². The first-order valence-electron chi connectivity index (χ1n) is 16.0. The van der Waals surface area contributed by atoms with Crippen LogP contribution in [0.1, 0.15) is 48.5 Å². The maximum absolute atomic E-state index is 15.7. The second-order valence-electron chi connectivity index (χ2n) is 11.8. The Hall–Kier alpha value is -5.65. The summed E-state index contributed by atoms with van der Waals surface area (Å²) >= 11 is 0. The molecule has 0 aliphatic carbocycles. The molecule has 0 bridgehead atoms. The molecule has 2 atom stereocenters. The Kier molecular flexibility index (Phi) is 12.4. The number of nitrogens with two attached hydrogens (primary N) is 1. The predicted octanol–water partition coefficient (Wildman–Crippen LogP) is 6.40. The zero-order chi connectivity index (χ0) is 39.2. The summed E-state index contributed by atoms with van der Waals surface area (Å²) in [5, 5.41) is 14.4. The van der Waals surface area contributed by atoms with E-state index >= 15 is 4.39 Å². The van der Waals surface area contributed by atoms with Crippen molar-refractivity contribution < 1.29 is 54.9 Å². The van der Waals surface area contributed by atoms with Crippen molar-refractivity contribution in [2.45, 2.75) is 49.8 Å². The van der Waals surface area contributed by atoms with Gasteiger partial charge in [-0.1, -0.05) is 6.92 Å². The van der Waals surface area contributed by atoms with Crippen LogP contribution in [0.2, 0.25) is 0 Å². The number of sulfone groups is 1. The molecule has 4 aromatic rings. The first-order valence-corrected chi connectivity index (χ1v) is 17.6. The second kappa shape index (κ2) is 16.4. The fourth-order valence-corrected chi connectivity index (χ4v) is 6.99. The van der Waals surface area contributed by atoms with Crippen molar-refractivity contribution in [3.63, 3.8) is 0 Å². The summed E-state index contributed by atoms with van der Waals surface area (Å²) < 4.78 is 84.1. The molecule has 3 aromatic carbocycles. The average Bonchev–Trinajstić information content (AvgIpc) is 3.60. The molecule has 1 saturated heterocycles. The number of aliphatic carboxylic acids is 1. The molecule has 0 saturated carbocycles. The largest absolute Gasteiger partial charge is 0.496 e. The van der Waals surface area contributed by atoms with Crippen molar-refractivity contribution in [2.24, 2.45) is 0 Å². The van der Waals surface area contributed by atoms with Crippen LogP contribution in [0.4, 0.5) is 39.5 Å². The Morgan fingerprint density at radius 1 is 1.08 bits per heavy atom. The first kappa shape index (κ1) is 40.1. The minimum absolute atomic E-state index is 0.0588. The van der Waals surface area contributed by atoms with Gasteiger partial charge in [-0.15, -0.1) is 0 Å². The fourth-order valence-electron chi connectivity index (χ4n) is 5.85. The third-order valence-electron chi connectivity index (χ3n) is 8.47. The number of nitrogens with zero attached hydrogens (tertiary/aromatic N) is 2. The summed E-state index contributed by atoms with van der Waals surface area (Å²) in [5.74, 6) is -3.23. The van der Waals surface area contributed by atoms with Gasteiger partial charge in [0.15, 0.2) is 9.84 Å². The number of amides is 2. The number of methoxy groups -OCH3 is 2. The van der Waals surface area contributed by atoms with E-state index in [1.165, 1.54) is 45.4 Å². The molecule has 18 heteroatoms. The smallest absolute Gasteiger partial charge is 0.490 e. The number of aromatic nitrogens is 1. The van der Waals surface area contributed by atoms with Gasteiger partial charge in [-0.3, -0.25) is 10.1 Å². The molecular formula is C35H37F4N5O8S. The summed E-state index contributed by atoms with van der Waals surface area (Å²) in [4.78, 5) is 41.2. The van der Waals surface area contributed by atoms with Crippen LogP contribution >= 0.6 is 0 Å². The number of hydrogen-bond donors (Lipinski definition) is 4. The van der Waals surface area contributed by atoms with Crippen LogP contribution in [0.3, 0.4) is 0 Å². The molecule has 1 fully saturated rings. The van der Waals surface area contributed by atoms with Gasteiger partial charge in [0, 0.05) is 35.1 Å². The quantitative estimate of drug-likeness (QED) is 0.138. The lowest BCUT2D eigenvalue weighted by molar-refractivity contribution is -0.192. The van der Waals surface area contributed by atoms with Crippen molar-refractivity contribution in [3.8, 4) is 5.75 Å². The monoisotopic (exact) mass is 763 g/mol. The number of alkyl halides is 3. The lowest BCUT2D eigenvalue weighted by atomic mass is 9.99. The number of rotatable bonds is 9. The molecule has 0 unspecified atom stereocenters. The summed E-state index contributed by atoms with van der Waals surface area (Å²) in [6.45, 7) is 3.55. The van der Waals surface area contributed by atoms with Gasteiger partial charge in [-0.25, -0.2) is 27.4 Å². The number of carboxylic acids is 1. The zero-order valence-electron chi connectivity index (χ0n) is 29.0. The van der Waals surface area contributed by atoms with Crippen LogP contribution < -0.4 is 21.1 Å². The van der Waals surface area contributed by atoms with E-state index in [0.717, 1.165) is 10.8 Å². The number of hydrogen-bond acceptors (Lipinski definition) is 10. The Bertz CT molecular complexity index is 2130. The van der Waals surface area contributed by atoms with Gasteiger partial charge in [0.05, 0.1) is 30.9 Å². The topological polar surface area (TPSA) is 190 Å². The van der Waals surface area contributed by atoms with E-state index in [-0.39, 0.29) is 16.2 Å². The number of ether oxygens (including phenoxy) is 2. The van der Waals surface area contributed by atoms with Gasteiger partial charge in [0.25, 0.3) is 0 Å². The SMILES string of the molecule is CCS(=O)(=O)c1ccc(NC(=O)OC)cc1[C@H]1CCCN1C(=O)[C@@H](Nc1ccc2c(N)nccc2c1)c1cc(OC)c(C)cc1F.O=C(O)C(F)(F)F. The number of carboxylic acid groups (broad SMARTS) is 1. The van der Waals surface area contributed by atoms with Gasteiger partial charge in [0.2, 0.25) is 5.91 Å². The molecule has 0 spiro atoms. The number of carbonyl (C=O) groups is 3. The highest BCUT2D eigenvalue weighted by Crippen LogP contribution is 2.40. The fraction of sp³-hybridized carbons (Fsp3) is 0.314. The number of carbonyl (C=O) groups excluding carboxylic acids is 2.